The standard InChI is InChI=1S/C14H20ClN3O2.C4H4O4/c15-14(12-5-4-6-16-9-12)17-20-11-13(19)10-18-7-2-1-3-8-18;5-3(6)1-2-4(7)8/h4-6,9,13,19H,1-3,7-8,10-11H2;1-2H,(H,5,6)(H,7,8). The molecule has 0 spiro atoms. The fourth-order valence-corrected chi connectivity index (χ4v) is 2.51. The zero-order valence-corrected chi connectivity index (χ0v) is 16.0. The number of aliphatic hydroxyl groups is 1. The van der Waals surface area contributed by atoms with Crippen LogP contribution in [0.5, 0.6) is 0 Å². The van der Waals surface area contributed by atoms with E-state index in [1.54, 1.807) is 24.5 Å². The Bertz CT molecular complexity index is 647. The van der Waals surface area contributed by atoms with Gasteiger partial charge in [-0.15, -0.1) is 0 Å². The van der Waals surface area contributed by atoms with Crippen molar-refractivity contribution in [3.05, 3.63) is 42.2 Å². The first kappa shape index (κ1) is 23.5. The van der Waals surface area contributed by atoms with E-state index in [0.717, 1.165) is 13.1 Å². The normalized spacial score (nSPS) is 16.1. The van der Waals surface area contributed by atoms with Gasteiger partial charge in [0.2, 0.25) is 0 Å². The van der Waals surface area contributed by atoms with Crippen molar-refractivity contribution in [2.24, 2.45) is 5.16 Å². The second-order valence-electron chi connectivity index (χ2n) is 5.94. The molecule has 1 aliphatic rings. The van der Waals surface area contributed by atoms with E-state index in [9.17, 15) is 14.7 Å². The van der Waals surface area contributed by atoms with Crippen LogP contribution in [0.15, 0.2) is 41.8 Å². The number of likely N-dealkylation sites (tertiary alicyclic amines) is 1. The van der Waals surface area contributed by atoms with E-state index >= 15 is 0 Å². The molecule has 2 heterocycles. The number of carboxylic acid groups (broad SMARTS) is 2. The molecule has 3 N–H and O–H groups in total. The minimum Gasteiger partial charge on any atom is -0.478 e. The first-order valence-electron chi connectivity index (χ1n) is 8.68. The second-order valence-corrected chi connectivity index (χ2v) is 6.30. The fourth-order valence-electron chi connectivity index (χ4n) is 2.35. The SMILES string of the molecule is O=C(O)C=CC(=O)O.OC(CON=C(Cl)c1cccnc1)CN1CCCCC1. The Morgan fingerprint density at radius 2 is 1.89 bits per heavy atom. The number of hydrogen-bond donors (Lipinski definition) is 3. The number of β-amino-alcohol motifs (C(OH)–C–C–N with tert-alkyl or cyclic N) is 1. The van der Waals surface area contributed by atoms with E-state index in [-0.39, 0.29) is 11.8 Å². The number of halogens is 1. The van der Waals surface area contributed by atoms with Crippen LogP contribution in [-0.4, -0.2) is 74.7 Å². The lowest BCUT2D eigenvalue weighted by atomic mass is 10.1. The number of aliphatic carboxylic acids is 2. The summed E-state index contributed by atoms with van der Waals surface area (Å²) in [5.41, 5.74) is 0.694. The van der Waals surface area contributed by atoms with Crippen molar-refractivity contribution in [1.29, 1.82) is 0 Å². The van der Waals surface area contributed by atoms with Gasteiger partial charge in [-0.1, -0.05) is 23.2 Å². The molecule has 0 bridgehead atoms. The molecule has 1 saturated heterocycles. The van der Waals surface area contributed by atoms with Gasteiger partial charge >= 0.3 is 11.9 Å². The van der Waals surface area contributed by atoms with Gasteiger partial charge in [-0.05, 0) is 38.1 Å². The van der Waals surface area contributed by atoms with Crippen molar-refractivity contribution < 1.29 is 29.7 Å². The third-order valence-electron chi connectivity index (χ3n) is 3.60. The van der Waals surface area contributed by atoms with Crippen LogP contribution in [-0.2, 0) is 14.4 Å². The minimum absolute atomic E-state index is 0.146. The third kappa shape index (κ3) is 11.3. The molecule has 0 aromatic carbocycles. The van der Waals surface area contributed by atoms with Crippen molar-refractivity contribution in [3.8, 4) is 0 Å². The summed E-state index contributed by atoms with van der Waals surface area (Å²) in [4.78, 5) is 30.4. The van der Waals surface area contributed by atoms with Gasteiger partial charge in [-0.25, -0.2) is 9.59 Å². The smallest absolute Gasteiger partial charge is 0.328 e. The quantitative estimate of drug-likeness (QED) is 0.332. The lowest BCUT2D eigenvalue weighted by Gasteiger charge is -2.27. The minimum atomic E-state index is -1.26. The van der Waals surface area contributed by atoms with Gasteiger partial charge < -0.3 is 25.1 Å². The molecule has 0 saturated carbocycles. The fraction of sp³-hybridized carbons (Fsp3) is 0.444. The molecular weight excluding hydrogens is 390 g/mol. The molecule has 1 unspecified atom stereocenters. The van der Waals surface area contributed by atoms with Crippen molar-refractivity contribution in [2.45, 2.75) is 25.4 Å². The molecule has 28 heavy (non-hydrogen) atoms. The molecule has 154 valence electrons. The van der Waals surface area contributed by atoms with Crippen LogP contribution in [0.1, 0.15) is 24.8 Å². The zero-order valence-electron chi connectivity index (χ0n) is 15.3. The van der Waals surface area contributed by atoms with Gasteiger partial charge in [0.05, 0.1) is 0 Å². The Hall–Kier alpha value is -2.49. The summed E-state index contributed by atoms with van der Waals surface area (Å²) < 4.78 is 0. The highest BCUT2D eigenvalue weighted by Crippen LogP contribution is 2.09. The lowest BCUT2D eigenvalue weighted by molar-refractivity contribution is -0.134. The number of carbonyl (C=O) groups is 2. The van der Waals surface area contributed by atoms with Gasteiger partial charge in [0.15, 0.2) is 5.17 Å². The van der Waals surface area contributed by atoms with E-state index in [0.29, 0.717) is 24.3 Å². The number of piperidine rings is 1. The molecule has 1 atom stereocenters. The molecule has 2 rings (SSSR count). The first-order chi connectivity index (χ1) is 13.4. The number of pyridine rings is 1. The van der Waals surface area contributed by atoms with Crippen LogP contribution in [0.25, 0.3) is 0 Å². The zero-order chi connectivity index (χ0) is 20.8. The third-order valence-corrected chi connectivity index (χ3v) is 3.88. The second kappa shape index (κ2) is 13.6. The first-order valence-corrected chi connectivity index (χ1v) is 9.06. The molecule has 0 radical (unpaired) electrons. The molecular formula is C18H24ClN3O6. The van der Waals surface area contributed by atoms with Gasteiger partial charge in [-0.2, -0.15) is 0 Å². The van der Waals surface area contributed by atoms with Crippen molar-refractivity contribution in [1.82, 2.24) is 9.88 Å². The highest BCUT2D eigenvalue weighted by atomic mass is 35.5. The van der Waals surface area contributed by atoms with Crippen molar-refractivity contribution in [3.63, 3.8) is 0 Å². The molecule has 10 heteroatoms. The number of hydrogen-bond acceptors (Lipinski definition) is 7. The van der Waals surface area contributed by atoms with E-state index in [4.69, 9.17) is 26.7 Å². The monoisotopic (exact) mass is 413 g/mol. The van der Waals surface area contributed by atoms with Crippen LogP contribution in [0, 0.1) is 0 Å². The average Bonchev–Trinajstić information content (AvgIpc) is 2.68. The summed E-state index contributed by atoms with van der Waals surface area (Å²) >= 11 is 5.97. The van der Waals surface area contributed by atoms with Gasteiger partial charge in [0.1, 0.15) is 12.7 Å². The average molecular weight is 414 g/mol. The molecule has 9 nitrogen and oxygen atoms in total. The molecule has 0 amide bonds. The topological polar surface area (TPSA) is 133 Å². The lowest BCUT2D eigenvalue weighted by Crippen LogP contribution is -2.38. The van der Waals surface area contributed by atoms with E-state index in [2.05, 4.69) is 15.0 Å². The summed E-state index contributed by atoms with van der Waals surface area (Å²) in [5, 5.41) is 29.5. The number of carboxylic acids is 2. The maximum absolute atomic E-state index is 9.89. The van der Waals surface area contributed by atoms with Crippen molar-refractivity contribution >= 4 is 28.7 Å². The van der Waals surface area contributed by atoms with E-state index in [1.807, 2.05) is 0 Å². The number of nitrogens with zero attached hydrogens (tertiary/aromatic N) is 3. The number of aliphatic hydroxyl groups excluding tert-OH is 1. The predicted octanol–water partition coefficient (Wildman–Crippen LogP) is 1.56. The van der Waals surface area contributed by atoms with Gasteiger partial charge in [0, 0.05) is 36.7 Å². The number of oxime groups is 1. The van der Waals surface area contributed by atoms with Crippen LogP contribution >= 0.6 is 11.6 Å². The summed E-state index contributed by atoms with van der Waals surface area (Å²) in [6, 6.07) is 3.57. The summed E-state index contributed by atoms with van der Waals surface area (Å²) in [7, 11) is 0. The van der Waals surface area contributed by atoms with Gasteiger partial charge in [-0.3, -0.25) is 4.98 Å². The maximum atomic E-state index is 9.89. The molecule has 1 aromatic heterocycles. The van der Waals surface area contributed by atoms with Crippen LogP contribution in [0.2, 0.25) is 0 Å². The largest absolute Gasteiger partial charge is 0.478 e. The Morgan fingerprint density at radius 3 is 2.43 bits per heavy atom. The predicted molar refractivity (Wildman–Crippen MR) is 103 cm³/mol. The Labute approximate surface area is 167 Å². The Morgan fingerprint density at radius 1 is 1.25 bits per heavy atom. The highest BCUT2D eigenvalue weighted by Gasteiger charge is 2.15. The van der Waals surface area contributed by atoms with E-state index < -0.39 is 18.0 Å². The summed E-state index contributed by atoms with van der Waals surface area (Å²) in [6.45, 7) is 2.88. The molecule has 0 aliphatic carbocycles. The van der Waals surface area contributed by atoms with Crippen molar-refractivity contribution in [2.75, 3.05) is 26.2 Å². The van der Waals surface area contributed by atoms with E-state index in [1.165, 1.54) is 19.3 Å². The van der Waals surface area contributed by atoms with Crippen LogP contribution < -0.4 is 0 Å². The molecule has 1 fully saturated rings. The molecule has 1 aromatic rings. The summed E-state index contributed by atoms with van der Waals surface area (Å²) in [6.07, 6.45) is 7.54. The Kier molecular flexibility index (Phi) is 11.5. The van der Waals surface area contributed by atoms with Crippen LogP contribution in [0.4, 0.5) is 0 Å². The highest BCUT2D eigenvalue weighted by molar-refractivity contribution is 6.69. The number of rotatable bonds is 8. The molecule has 1 aliphatic heterocycles. The van der Waals surface area contributed by atoms with Gasteiger partial charge in [0.25, 0.3) is 0 Å². The van der Waals surface area contributed by atoms with Crippen LogP contribution in [0.3, 0.4) is 0 Å². The maximum Gasteiger partial charge on any atom is 0.328 e. The Balaban J connectivity index is 0.000000416. The number of aromatic nitrogens is 1. The summed E-state index contributed by atoms with van der Waals surface area (Å²) in [5.74, 6) is -2.51.